The molecule has 0 aromatic rings. The van der Waals surface area contributed by atoms with Crippen LogP contribution in [0.15, 0.2) is 0 Å². The van der Waals surface area contributed by atoms with Crippen LogP contribution < -0.4 is 0 Å². The second-order valence-corrected chi connectivity index (χ2v) is 4.53. The molecule has 0 saturated heterocycles. The zero-order valence-corrected chi connectivity index (χ0v) is 6.48. The molecule has 0 spiro atoms. The lowest BCUT2D eigenvalue weighted by molar-refractivity contribution is 0.191. The molecule has 9 heavy (non-hydrogen) atoms. The summed E-state index contributed by atoms with van der Waals surface area (Å²) in [6, 6.07) is 0. The Morgan fingerprint density at radius 2 is 2.00 bits per heavy atom. The zero-order valence-electron chi connectivity index (χ0n) is 5.66. The van der Waals surface area contributed by atoms with Gasteiger partial charge in [0.1, 0.15) is 9.84 Å². The molecule has 0 aromatic heterocycles. The molecule has 0 aliphatic heterocycles. The molecule has 1 atom stereocenters. The first kappa shape index (κ1) is 8.91. The Labute approximate surface area is 55.6 Å². The molecule has 0 fully saturated rings. The van der Waals surface area contributed by atoms with E-state index in [4.69, 9.17) is 5.11 Å². The van der Waals surface area contributed by atoms with E-state index in [-0.39, 0.29) is 5.75 Å². The minimum Gasteiger partial charge on any atom is -0.393 e. The second-order valence-electron chi connectivity index (χ2n) is 2.27. The van der Waals surface area contributed by atoms with Gasteiger partial charge in [0.05, 0.1) is 11.9 Å². The van der Waals surface area contributed by atoms with Gasteiger partial charge in [-0.05, 0) is 13.3 Å². The van der Waals surface area contributed by atoms with Gasteiger partial charge in [-0.1, -0.05) is 0 Å². The van der Waals surface area contributed by atoms with Crippen LogP contribution in [0.3, 0.4) is 0 Å². The Morgan fingerprint density at radius 1 is 1.56 bits per heavy atom. The summed E-state index contributed by atoms with van der Waals surface area (Å²) in [5.74, 6) is 0.0741. The zero-order chi connectivity index (χ0) is 7.49. The smallest absolute Gasteiger partial charge is 0.147 e. The summed E-state index contributed by atoms with van der Waals surface area (Å²) in [4.78, 5) is 0. The Hall–Kier alpha value is -0.0900. The third-order valence-corrected chi connectivity index (χ3v) is 1.88. The molecular weight excluding hydrogens is 140 g/mol. The molecule has 0 saturated carbocycles. The van der Waals surface area contributed by atoms with Crippen LogP contribution in [0.5, 0.6) is 0 Å². The summed E-state index contributed by atoms with van der Waals surface area (Å²) >= 11 is 0. The molecule has 1 unspecified atom stereocenters. The maximum atomic E-state index is 10.4. The quantitative estimate of drug-likeness (QED) is 0.609. The van der Waals surface area contributed by atoms with Crippen LogP contribution in [-0.2, 0) is 9.84 Å². The van der Waals surface area contributed by atoms with Gasteiger partial charge in [0, 0.05) is 6.26 Å². The first-order valence-corrected chi connectivity index (χ1v) is 4.83. The van der Waals surface area contributed by atoms with Crippen molar-refractivity contribution in [3.8, 4) is 0 Å². The summed E-state index contributed by atoms with van der Waals surface area (Å²) in [6.45, 7) is 1.57. The molecule has 4 heteroatoms. The van der Waals surface area contributed by atoms with Gasteiger partial charge in [0.2, 0.25) is 0 Å². The topological polar surface area (TPSA) is 54.4 Å². The van der Waals surface area contributed by atoms with Gasteiger partial charge in [-0.2, -0.15) is 0 Å². The van der Waals surface area contributed by atoms with Gasteiger partial charge < -0.3 is 5.11 Å². The van der Waals surface area contributed by atoms with Crippen LogP contribution in [-0.4, -0.2) is 31.6 Å². The number of sulfone groups is 1. The van der Waals surface area contributed by atoms with Gasteiger partial charge in [0.25, 0.3) is 0 Å². The normalized spacial score (nSPS) is 15.4. The van der Waals surface area contributed by atoms with E-state index in [1.54, 1.807) is 6.92 Å². The van der Waals surface area contributed by atoms with Crippen molar-refractivity contribution in [2.75, 3.05) is 12.0 Å². The van der Waals surface area contributed by atoms with Crippen molar-refractivity contribution in [3.05, 3.63) is 0 Å². The lowest BCUT2D eigenvalue weighted by Crippen LogP contribution is -2.10. The van der Waals surface area contributed by atoms with Crippen molar-refractivity contribution < 1.29 is 13.5 Å². The van der Waals surface area contributed by atoms with Gasteiger partial charge >= 0.3 is 0 Å². The molecule has 0 amide bonds. The summed E-state index contributed by atoms with van der Waals surface area (Å²) < 4.78 is 20.8. The summed E-state index contributed by atoms with van der Waals surface area (Å²) in [7, 11) is -2.88. The van der Waals surface area contributed by atoms with Gasteiger partial charge in [0.15, 0.2) is 0 Å². The Balaban J connectivity index is 3.53. The molecule has 0 heterocycles. The lowest BCUT2D eigenvalue weighted by Gasteiger charge is -1.99. The molecule has 0 aliphatic carbocycles. The molecule has 1 N–H and O–H groups in total. The standard InChI is InChI=1S/C5H12O3S/c1-5(6)3-4-9(2,7)8/h5-6H,3-4H2,1-2H3. The van der Waals surface area contributed by atoms with Crippen molar-refractivity contribution in [1.82, 2.24) is 0 Å². The van der Waals surface area contributed by atoms with E-state index in [0.717, 1.165) is 6.26 Å². The van der Waals surface area contributed by atoms with Gasteiger partial charge in [-0.25, -0.2) is 8.42 Å². The molecular formula is C5H12O3S. The number of rotatable bonds is 3. The minimum absolute atomic E-state index is 0.0741. The Bertz CT molecular complexity index is 157. The molecule has 0 aromatic carbocycles. The highest BCUT2D eigenvalue weighted by Crippen LogP contribution is 1.93. The van der Waals surface area contributed by atoms with E-state index in [9.17, 15) is 8.42 Å². The second kappa shape index (κ2) is 3.17. The largest absolute Gasteiger partial charge is 0.393 e. The van der Waals surface area contributed by atoms with Crippen molar-refractivity contribution in [2.24, 2.45) is 0 Å². The fourth-order valence-corrected chi connectivity index (χ4v) is 1.15. The monoisotopic (exact) mass is 152 g/mol. The number of hydrogen-bond donors (Lipinski definition) is 1. The van der Waals surface area contributed by atoms with Crippen LogP contribution in [0.4, 0.5) is 0 Å². The third kappa shape index (κ3) is 7.91. The first-order valence-electron chi connectivity index (χ1n) is 2.77. The van der Waals surface area contributed by atoms with Crippen LogP contribution in [0.2, 0.25) is 0 Å². The van der Waals surface area contributed by atoms with Crippen LogP contribution in [0.25, 0.3) is 0 Å². The van der Waals surface area contributed by atoms with Crippen molar-refractivity contribution in [2.45, 2.75) is 19.4 Å². The predicted octanol–water partition coefficient (Wildman–Crippen LogP) is -0.198. The van der Waals surface area contributed by atoms with E-state index >= 15 is 0 Å². The molecule has 0 radical (unpaired) electrons. The van der Waals surface area contributed by atoms with E-state index < -0.39 is 15.9 Å². The summed E-state index contributed by atoms with van der Waals surface area (Å²) in [5.41, 5.74) is 0. The average molecular weight is 152 g/mol. The number of aliphatic hydroxyl groups excluding tert-OH is 1. The first-order chi connectivity index (χ1) is 3.92. The highest BCUT2D eigenvalue weighted by atomic mass is 32.2. The fourth-order valence-electron chi connectivity index (χ4n) is 0.385. The van der Waals surface area contributed by atoms with Gasteiger partial charge in [-0.15, -0.1) is 0 Å². The van der Waals surface area contributed by atoms with E-state index in [2.05, 4.69) is 0 Å². The third-order valence-electron chi connectivity index (χ3n) is 0.906. The summed E-state index contributed by atoms with van der Waals surface area (Å²) in [5, 5.41) is 8.65. The molecule has 56 valence electrons. The maximum Gasteiger partial charge on any atom is 0.147 e. The van der Waals surface area contributed by atoms with E-state index in [1.165, 1.54) is 0 Å². The maximum absolute atomic E-state index is 10.4. The van der Waals surface area contributed by atoms with Crippen LogP contribution in [0, 0.1) is 0 Å². The van der Waals surface area contributed by atoms with Gasteiger partial charge in [-0.3, -0.25) is 0 Å². The van der Waals surface area contributed by atoms with E-state index in [0.29, 0.717) is 6.42 Å². The highest BCUT2D eigenvalue weighted by Gasteiger charge is 2.03. The van der Waals surface area contributed by atoms with Crippen molar-refractivity contribution in [1.29, 1.82) is 0 Å². The molecule has 0 aliphatic rings. The fraction of sp³-hybridized carbons (Fsp3) is 1.00. The Morgan fingerprint density at radius 3 is 2.11 bits per heavy atom. The highest BCUT2D eigenvalue weighted by molar-refractivity contribution is 7.90. The predicted molar refractivity (Wildman–Crippen MR) is 36.0 cm³/mol. The SMILES string of the molecule is CC(O)CCS(C)(=O)=O. The average Bonchev–Trinajstić information content (AvgIpc) is 1.59. The number of aliphatic hydroxyl groups is 1. The molecule has 0 bridgehead atoms. The molecule has 3 nitrogen and oxygen atoms in total. The lowest BCUT2D eigenvalue weighted by atomic mass is 10.3. The van der Waals surface area contributed by atoms with Crippen LogP contribution in [0.1, 0.15) is 13.3 Å². The van der Waals surface area contributed by atoms with Crippen molar-refractivity contribution >= 4 is 9.84 Å². The van der Waals surface area contributed by atoms with E-state index in [1.807, 2.05) is 0 Å². The Kier molecular flexibility index (Phi) is 3.14. The minimum atomic E-state index is -2.88. The van der Waals surface area contributed by atoms with Crippen LogP contribution >= 0.6 is 0 Å². The molecule has 0 rings (SSSR count). The van der Waals surface area contributed by atoms with Crippen molar-refractivity contribution in [3.63, 3.8) is 0 Å². The summed E-state index contributed by atoms with van der Waals surface area (Å²) in [6.07, 6.45) is 0.980. The number of hydrogen-bond acceptors (Lipinski definition) is 3.